The molecule has 4 N–H and O–H groups in total. The normalized spacial score (nSPS) is 33.2. The first-order chi connectivity index (χ1) is 24.7. The van der Waals surface area contributed by atoms with Gasteiger partial charge in [-0.05, 0) is 113 Å². The summed E-state index contributed by atoms with van der Waals surface area (Å²) in [6, 6.07) is 0. The molecule has 10 atom stereocenters. The Labute approximate surface area is 350 Å². The van der Waals surface area contributed by atoms with E-state index in [1.807, 2.05) is 12.2 Å². The fourth-order valence-electron chi connectivity index (χ4n) is 9.77. The topological polar surface area (TPSA) is 161 Å². The number of aliphatic hydroxyl groups is 4. The Hall–Kier alpha value is -1.00. The molecule has 0 aromatic carbocycles. The van der Waals surface area contributed by atoms with Gasteiger partial charge in [0.2, 0.25) is 0 Å². The van der Waals surface area contributed by atoms with Crippen LogP contribution in [0.3, 0.4) is 0 Å². The first-order valence-corrected chi connectivity index (χ1v) is 20.6. The summed E-state index contributed by atoms with van der Waals surface area (Å²) < 4.78 is 0. The predicted molar refractivity (Wildman–Crippen MR) is 208 cm³/mol. The van der Waals surface area contributed by atoms with Crippen molar-refractivity contribution in [1.82, 2.24) is 0 Å². The molecule has 4 fully saturated rings. The molecule has 4 aliphatic rings. The van der Waals surface area contributed by atoms with Crippen molar-refractivity contribution in [3.05, 3.63) is 47.6 Å². The largest absolute Gasteiger partial charge is 2.00 e. The molecular formula is C44H70CaO8. The molecule has 0 amide bonds. The van der Waals surface area contributed by atoms with E-state index in [1.54, 1.807) is 0 Å². The smallest absolute Gasteiger partial charge is 0.550 e. The maximum absolute atomic E-state index is 10.5. The molecule has 0 saturated heterocycles. The van der Waals surface area contributed by atoms with E-state index in [4.69, 9.17) is 0 Å². The van der Waals surface area contributed by atoms with E-state index < -0.39 is 24.1 Å². The van der Waals surface area contributed by atoms with E-state index in [0.717, 1.165) is 103 Å². The zero-order chi connectivity index (χ0) is 38.3. The van der Waals surface area contributed by atoms with Crippen LogP contribution in [0.4, 0.5) is 0 Å². The minimum Gasteiger partial charge on any atom is -0.550 e. The van der Waals surface area contributed by atoms with Gasteiger partial charge in [0.1, 0.15) is 0 Å². The van der Waals surface area contributed by atoms with Crippen LogP contribution in [0, 0.1) is 34.5 Å². The molecule has 0 spiro atoms. The molecule has 4 aliphatic carbocycles. The Morgan fingerprint density at radius 1 is 0.698 bits per heavy atom. The number of unbranched alkanes of at least 4 members (excludes halogenated alkanes) is 6. The molecule has 0 heterocycles. The fourth-order valence-corrected chi connectivity index (χ4v) is 9.77. The van der Waals surface area contributed by atoms with Crippen LogP contribution < -0.4 is 10.2 Å². The first kappa shape index (κ1) is 48.1. The number of rotatable bonds is 20. The van der Waals surface area contributed by atoms with E-state index in [2.05, 4.69) is 52.0 Å². The Morgan fingerprint density at radius 3 is 1.42 bits per heavy atom. The monoisotopic (exact) mass is 766 g/mol. The number of aliphatic hydroxyl groups excluding tert-OH is 4. The summed E-state index contributed by atoms with van der Waals surface area (Å²) in [5.74, 6) is -0.938. The van der Waals surface area contributed by atoms with Crippen molar-refractivity contribution in [3.63, 3.8) is 0 Å². The van der Waals surface area contributed by atoms with Crippen LogP contribution >= 0.6 is 0 Å². The van der Waals surface area contributed by atoms with Crippen LogP contribution in [0.1, 0.15) is 156 Å². The summed E-state index contributed by atoms with van der Waals surface area (Å²) in [5.41, 5.74) is 3.01. The second-order valence-corrected chi connectivity index (χ2v) is 17.1. The predicted octanol–water partition coefficient (Wildman–Crippen LogP) is 5.87. The van der Waals surface area contributed by atoms with Gasteiger partial charge in [0, 0.05) is 23.8 Å². The third-order valence-corrected chi connectivity index (χ3v) is 12.5. The van der Waals surface area contributed by atoms with Crippen molar-refractivity contribution < 1.29 is 40.2 Å². The molecule has 8 nitrogen and oxygen atoms in total. The van der Waals surface area contributed by atoms with Gasteiger partial charge in [0.25, 0.3) is 0 Å². The Kier molecular flexibility index (Phi) is 21.7. The number of carbonyl (C=O) groups excluding carboxylic acids is 2. The van der Waals surface area contributed by atoms with Crippen molar-refractivity contribution in [2.24, 2.45) is 34.5 Å². The first-order valence-electron chi connectivity index (χ1n) is 20.6. The molecule has 0 bridgehead atoms. The van der Waals surface area contributed by atoms with Crippen molar-refractivity contribution in [2.75, 3.05) is 0 Å². The number of allylic oxidation sites excluding steroid dienone is 4. The molecule has 296 valence electrons. The maximum Gasteiger partial charge on any atom is 2.00 e. The van der Waals surface area contributed by atoms with Gasteiger partial charge in [0.05, 0.1) is 24.4 Å². The molecule has 0 aliphatic heterocycles. The third-order valence-electron chi connectivity index (χ3n) is 12.5. The van der Waals surface area contributed by atoms with Crippen LogP contribution in [-0.2, 0) is 9.59 Å². The minimum atomic E-state index is -0.982. The second-order valence-electron chi connectivity index (χ2n) is 17.1. The number of carboxylic acid groups (broad SMARTS) is 2. The Balaban J connectivity index is 0.000000360. The number of aliphatic carboxylic acids is 2. The van der Waals surface area contributed by atoms with Crippen molar-refractivity contribution in [2.45, 2.75) is 181 Å². The molecule has 4 rings (SSSR count). The molecule has 0 aromatic heterocycles. The van der Waals surface area contributed by atoms with Gasteiger partial charge in [0.15, 0.2) is 0 Å². The Morgan fingerprint density at radius 2 is 1.08 bits per heavy atom. The number of carbonyl (C=O) groups is 2. The summed E-state index contributed by atoms with van der Waals surface area (Å²) in [6.07, 6.45) is 27.6. The summed E-state index contributed by atoms with van der Waals surface area (Å²) >= 11 is 0. The molecule has 4 saturated carbocycles. The zero-order valence-corrected chi connectivity index (χ0v) is 35.6. The van der Waals surface area contributed by atoms with Crippen molar-refractivity contribution in [3.8, 4) is 0 Å². The fraction of sp³-hybridized carbons (Fsp3) is 0.773. The van der Waals surface area contributed by atoms with Crippen LogP contribution in [0.2, 0.25) is 0 Å². The molecule has 53 heavy (non-hydrogen) atoms. The number of fused-ring (bicyclic) bond motifs is 2. The minimum absolute atomic E-state index is 0. The Bertz CT molecular complexity index is 1150. The van der Waals surface area contributed by atoms with Gasteiger partial charge in [-0.3, -0.25) is 0 Å². The summed E-state index contributed by atoms with van der Waals surface area (Å²) in [5, 5.41) is 62.3. The summed E-state index contributed by atoms with van der Waals surface area (Å²) in [7, 11) is 0. The quantitative estimate of drug-likeness (QED) is 0.0680. The van der Waals surface area contributed by atoms with Crippen molar-refractivity contribution >= 4 is 49.7 Å². The van der Waals surface area contributed by atoms with Gasteiger partial charge < -0.3 is 40.2 Å². The van der Waals surface area contributed by atoms with E-state index in [0.29, 0.717) is 24.7 Å². The number of hydrogen-bond donors (Lipinski definition) is 4. The molecule has 9 heteroatoms. The van der Waals surface area contributed by atoms with Gasteiger partial charge in [-0.2, -0.15) is 0 Å². The second kappa shape index (κ2) is 23.9. The maximum atomic E-state index is 10.5. The molecule has 0 unspecified atom stereocenters. The van der Waals surface area contributed by atoms with E-state index >= 15 is 0 Å². The van der Waals surface area contributed by atoms with Crippen LogP contribution in [0.15, 0.2) is 47.6 Å². The van der Waals surface area contributed by atoms with Crippen molar-refractivity contribution in [1.29, 1.82) is 0 Å². The third kappa shape index (κ3) is 15.5. The standard InChI is InChI=1S/2C22H36O4.Ca/c2*1-3-4-5-9-17(23)11-12-18-19-13-16(8-6-7-10-21(25)26)14-22(19,2)15-20(18)24;/h2*8,11-12,17-20,23-24H,3-7,9-10,13-15H2,1-2H3,(H,25,26);/q;;+2/p-2/b2*12-11+,16-8-;/t2*17-,18+,19+,20+,22-;/m00./s1. The van der Waals surface area contributed by atoms with Gasteiger partial charge >= 0.3 is 37.7 Å². The molecule has 0 aromatic rings. The molecular weight excluding hydrogens is 697 g/mol. The van der Waals surface area contributed by atoms with Crippen LogP contribution in [0.5, 0.6) is 0 Å². The SMILES string of the molecule is CCCCC[C@H](O)/C=C/[C@H]1[C@H](O)C[C@]2(C)C/C(=C\CCCC(=O)[O-])C[C@H]12.CCCCC[C@H](O)/C=C/[C@H]1[C@H](O)C[C@]2(C)C/C(=C\CCCC(=O)[O-])C[C@H]12.[Ca+2]. The van der Waals surface area contributed by atoms with Crippen LogP contribution in [0.25, 0.3) is 0 Å². The zero-order valence-electron chi connectivity index (χ0n) is 33.4. The molecule has 0 radical (unpaired) electrons. The van der Waals surface area contributed by atoms with Gasteiger partial charge in [-0.15, -0.1) is 0 Å². The number of carboxylic acids is 2. The van der Waals surface area contributed by atoms with E-state index in [9.17, 15) is 40.2 Å². The summed E-state index contributed by atoms with van der Waals surface area (Å²) in [6.45, 7) is 8.83. The van der Waals surface area contributed by atoms with E-state index in [1.165, 1.54) is 11.1 Å². The average Bonchev–Trinajstić information content (AvgIpc) is 3.71. The van der Waals surface area contributed by atoms with Crippen LogP contribution in [-0.4, -0.2) is 94.5 Å². The average molecular weight is 767 g/mol. The van der Waals surface area contributed by atoms with Gasteiger partial charge in [-0.1, -0.05) is 114 Å². The summed E-state index contributed by atoms with van der Waals surface area (Å²) in [4.78, 5) is 21.0. The number of hydrogen-bond acceptors (Lipinski definition) is 8. The van der Waals surface area contributed by atoms with E-state index in [-0.39, 0.29) is 85.5 Å². The van der Waals surface area contributed by atoms with Gasteiger partial charge in [-0.25, -0.2) is 0 Å².